The minimum atomic E-state index is -1.19. The van der Waals surface area contributed by atoms with E-state index in [1.54, 1.807) is 0 Å². The molecule has 5 N–H and O–H groups in total. The molecule has 8 heteroatoms. The van der Waals surface area contributed by atoms with Gasteiger partial charge in [0.1, 0.15) is 6.04 Å². The van der Waals surface area contributed by atoms with E-state index in [2.05, 4.69) is 10.6 Å². The molecular formula is C13H26N4O4. The van der Waals surface area contributed by atoms with E-state index in [1.807, 2.05) is 32.8 Å². The molecule has 8 nitrogen and oxygen atoms in total. The quantitative estimate of drug-likeness (QED) is 0.461. The van der Waals surface area contributed by atoms with E-state index in [0.29, 0.717) is 6.54 Å². The van der Waals surface area contributed by atoms with Crippen LogP contribution in [0.2, 0.25) is 0 Å². The van der Waals surface area contributed by atoms with E-state index in [-0.39, 0.29) is 24.8 Å². The standard InChI is InChI=1S/C13H26N4O4/c1-8(2)10(7-17(3)4)16-13(21)15-9(12(19)20)5-6-11(14)18/h8-10H,5-7H2,1-4H3,(H2,14,18)(H,19,20)(H2,15,16,21)/t9-,10?/m1/s1. The van der Waals surface area contributed by atoms with Crippen molar-refractivity contribution in [1.82, 2.24) is 15.5 Å². The lowest BCUT2D eigenvalue weighted by Crippen LogP contribution is -2.52. The van der Waals surface area contributed by atoms with E-state index in [0.717, 1.165) is 0 Å². The highest BCUT2D eigenvalue weighted by atomic mass is 16.4. The molecule has 0 bridgehead atoms. The summed E-state index contributed by atoms with van der Waals surface area (Å²) in [6.45, 7) is 4.58. The van der Waals surface area contributed by atoms with Gasteiger partial charge in [0, 0.05) is 19.0 Å². The molecule has 0 fully saturated rings. The van der Waals surface area contributed by atoms with Gasteiger partial charge in [0.25, 0.3) is 0 Å². The number of nitrogens with one attached hydrogen (secondary N) is 2. The van der Waals surface area contributed by atoms with Crippen molar-refractivity contribution in [3.63, 3.8) is 0 Å². The molecule has 0 heterocycles. The van der Waals surface area contributed by atoms with Gasteiger partial charge in [-0.2, -0.15) is 0 Å². The van der Waals surface area contributed by atoms with Gasteiger partial charge in [-0.3, -0.25) is 4.79 Å². The molecule has 0 aromatic carbocycles. The molecule has 2 atom stereocenters. The summed E-state index contributed by atoms with van der Waals surface area (Å²) in [5.41, 5.74) is 4.98. The molecule has 0 saturated heterocycles. The highest BCUT2D eigenvalue weighted by Crippen LogP contribution is 2.03. The Balaban J connectivity index is 4.52. The first-order chi connectivity index (χ1) is 9.63. The van der Waals surface area contributed by atoms with Crippen molar-refractivity contribution in [3.05, 3.63) is 0 Å². The Kier molecular flexibility index (Phi) is 8.37. The van der Waals surface area contributed by atoms with Crippen LogP contribution in [0.1, 0.15) is 26.7 Å². The Morgan fingerprint density at radius 1 is 1.19 bits per heavy atom. The van der Waals surface area contributed by atoms with Gasteiger partial charge in [-0.1, -0.05) is 13.8 Å². The van der Waals surface area contributed by atoms with Crippen LogP contribution < -0.4 is 16.4 Å². The zero-order valence-electron chi connectivity index (χ0n) is 13.0. The SMILES string of the molecule is CC(C)C(CN(C)C)NC(=O)N[C@H](CCC(N)=O)C(=O)O. The second kappa shape index (κ2) is 9.17. The van der Waals surface area contributed by atoms with Crippen molar-refractivity contribution >= 4 is 17.9 Å². The molecule has 0 radical (unpaired) electrons. The molecule has 0 aromatic heterocycles. The van der Waals surface area contributed by atoms with Gasteiger partial charge in [0.2, 0.25) is 5.91 Å². The Morgan fingerprint density at radius 3 is 2.14 bits per heavy atom. The topological polar surface area (TPSA) is 125 Å². The number of nitrogens with two attached hydrogens (primary N) is 1. The highest BCUT2D eigenvalue weighted by Gasteiger charge is 2.23. The monoisotopic (exact) mass is 302 g/mol. The van der Waals surface area contributed by atoms with Crippen molar-refractivity contribution in [3.8, 4) is 0 Å². The first kappa shape index (κ1) is 19.2. The smallest absolute Gasteiger partial charge is 0.326 e. The number of likely N-dealkylation sites (N-methyl/N-ethyl adjacent to an activating group) is 1. The number of carboxylic acid groups (broad SMARTS) is 1. The van der Waals surface area contributed by atoms with Gasteiger partial charge in [-0.05, 0) is 26.4 Å². The second-order valence-electron chi connectivity index (χ2n) is 5.63. The molecule has 3 amide bonds. The van der Waals surface area contributed by atoms with Crippen molar-refractivity contribution in [2.45, 2.75) is 38.8 Å². The van der Waals surface area contributed by atoms with Crippen molar-refractivity contribution in [2.24, 2.45) is 11.7 Å². The Bertz CT molecular complexity index is 371. The lowest BCUT2D eigenvalue weighted by molar-refractivity contribution is -0.139. The fourth-order valence-corrected chi connectivity index (χ4v) is 1.73. The fraction of sp³-hybridized carbons (Fsp3) is 0.769. The van der Waals surface area contributed by atoms with Gasteiger partial charge in [-0.15, -0.1) is 0 Å². The number of hydrogen-bond acceptors (Lipinski definition) is 4. The molecular weight excluding hydrogens is 276 g/mol. The third-order valence-corrected chi connectivity index (χ3v) is 2.97. The fourth-order valence-electron chi connectivity index (χ4n) is 1.73. The third kappa shape index (κ3) is 8.85. The Hall–Kier alpha value is -1.83. The molecule has 122 valence electrons. The summed E-state index contributed by atoms with van der Waals surface area (Å²) in [4.78, 5) is 35.6. The number of carbonyl (C=O) groups excluding carboxylic acids is 2. The number of carboxylic acids is 1. The number of aliphatic carboxylic acids is 1. The average Bonchev–Trinajstić information content (AvgIpc) is 2.32. The molecule has 0 aromatic rings. The number of rotatable bonds is 9. The van der Waals surface area contributed by atoms with Crippen LogP contribution in [-0.2, 0) is 9.59 Å². The highest BCUT2D eigenvalue weighted by molar-refractivity contribution is 5.83. The van der Waals surface area contributed by atoms with Crippen molar-refractivity contribution < 1.29 is 19.5 Å². The van der Waals surface area contributed by atoms with Crippen molar-refractivity contribution in [1.29, 1.82) is 0 Å². The van der Waals surface area contributed by atoms with Gasteiger partial charge in [0.05, 0.1) is 0 Å². The Labute approximate surface area is 125 Å². The summed E-state index contributed by atoms with van der Waals surface area (Å²) in [5.74, 6) is -1.59. The maximum Gasteiger partial charge on any atom is 0.326 e. The van der Waals surface area contributed by atoms with Crippen LogP contribution in [0, 0.1) is 5.92 Å². The molecule has 1 unspecified atom stereocenters. The number of amides is 3. The summed E-state index contributed by atoms with van der Waals surface area (Å²) >= 11 is 0. The predicted molar refractivity (Wildman–Crippen MR) is 78.7 cm³/mol. The van der Waals surface area contributed by atoms with Gasteiger partial charge in [0.15, 0.2) is 0 Å². The molecule has 0 aliphatic heterocycles. The minimum absolute atomic E-state index is 0.0297. The lowest BCUT2D eigenvalue weighted by atomic mass is 10.0. The summed E-state index contributed by atoms with van der Waals surface area (Å²) < 4.78 is 0. The van der Waals surface area contributed by atoms with Crippen LogP contribution in [0.4, 0.5) is 4.79 Å². The molecule has 0 rings (SSSR count). The zero-order valence-corrected chi connectivity index (χ0v) is 13.0. The third-order valence-electron chi connectivity index (χ3n) is 2.97. The van der Waals surface area contributed by atoms with Crippen LogP contribution in [0.25, 0.3) is 0 Å². The Morgan fingerprint density at radius 2 is 1.76 bits per heavy atom. The second-order valence-corrected chi connectivity index (χ2v) is 5.63. The minimum Gasteiger partial charge on any atom is -0.480 e. The lowest BCUT2D eigenvalue weighted by Gasteiger charge is -2.26. The molecule has 0 saturated carbocycles. The maximum atomic E-state index is 11.9. The molecule has 0 aliphatic carbocycles. The number of nitrogens with zero attached hydrogens (tertiary/aromatic N) is 1. The number of primary amides is 1. The van der Waals surface area contributed by atoms with Crippen LogP contribution in [-0.4, -0.2) is 60.6 Å². The van der Waals surface area contributed by atoms with Gasteiger partial charge >= 0.3 is 12.0 Å². The van der Waals surface area contributed by atoms with Crippen LogP contribution >= 0.6 is 0 Å². The predicted octanol–water partition coefficient (Wildman–Crippen LogP) is -0.409. The number of hydrogen-bond donors (Lipinski definition) is 4. The zero-order chi connectivity index (χ0) is 16.6. The number of urea groups is 1. The summed E-state index contributed by atoms with van der Waals surface area (Å²) in [7, 11) is 3.78. The number of carbonyl (C=O) groups is 3. The molecule has 0 aliphatic rings. The van der Waals surface area contributed by atoms with Crippen LogP contribution in [0.3, 0.4) is 0 Å². The van der Waals surface area contributed by atoms with Gasteiger partial charge < -0.3 is 26.4 Å². The van der Waals surface area contributed by atoms with E-state index in [4.69, 9.17) is 10.8 Å². The summed E-state index contributed by atoms with van der Waals surface area (Å²) in [5, 5.41) is 14.1. The van der Waals surface area contributed by atoms with E-state index in [9.17, 15) is 14.4 Å². The average molecular weight is 302 g/mol. The molecule has 0 spiro atoms. The first-order valence-corrected chi connectivity index (χ1v) is 6.86. The van der Waals surface area contributed by atoms with Crippen LogP contribution in [0.15, 0.2) is 0 Å². The van der Waals surface area contributed by atoms with E-state index < -0.39 is 23.9 Å². The summed E-state index contributed by atoms with van der Waals surface area (Å²) in [6, 6.07) is -1.80. The first-order valence-electron chi connectivity index (χ1n) is 6.86. The van der Waals surface area contributed by atoms with E-state index in [1.165, 1.54) is 0 Å². The van der Waals surface area contributed by atoms with Crippen LogP contribution in [0.5, 0.6) is 0 Å². The normalized spacial score (nSPS) is 13.8. The van der Waals surface area contributed by atoms with Crippen molar-refractivity contribution in [2.75, 3.05) is 20.6 Å². The maximum absolute atomic E-state index is 11.9. The summed E-state index contributed by atoms with van der Waals surface area (Å²) in [6.07, 6.45) is -0.124. The van der Waals surface area contributed by atoms with Gasteiger partial charge in [-0.25, -0.2) is 9.59 Å². The largest absolute Gasteiger partial charge is 0.480 e. The van der Waals surface area contributed by atoms with E-state index >= 15 is 0 Å². The molecule has 21 heavy (non-hydrogen) atoms.